The van der Waals surface area contributed by atoms with Crippen molar-refractivity contribution in [2.75, 3.05) is 26.0 Å². The van der Waals surface area contributed by atoms with E-state index in [-0.39, 0.29) is 10.5 Å². The largest absolute Gasteiger partial charge is 0.452 e. The molecule has 0 saturated heterocycles. The van der Waals surface area contributed by atoms with Gasteiger partial charge in [-0.2, -0.15) is 0 Å². The number of rotatable bonds is 6. The fourth-order valence-electron chi connectivity index (χ4n) is 1.99. The van der Waals surface area contributed by atoms with Gasteiger partial charge in [0.25, 0.3) is 5.91 Å². The third-order valence-electron chi connectivity index (χ3n) is 3.39. The normalized spacial score (nSPS) is 11.3. The van der Waals surface area contributed by atoms with E-state index in [9.17, 15) is 26.8 Å². The molecule has 1 amide bonds. The summed E-state index contributed by atoms with van der Waals surface area (Å²) in [4.78, 5) is 23.7. The minimum atomic E-state index is -3.74. The van der Waals surface area contributed by atoms with Gasteiger partial charge in [0.1, 0.15) is 11.6 Å². The maximum Gasteiger partial charge on any atom is 0.338 e. The Hall–Kier alpha value is -2.85. The van der Waals surface area contributed by atoms with E-state index in [1.807, 2.05) is 0 Å². The number of amides is 1. The second kappa shape index (κ2) is 8.23. The number of hydrogen-bond acceptors (Lipinski definition) is 5. The molecule has 27 heavy (non-hydrogen) atoms. The van der Waals surface area contributed by atoms with Gasteiger partial charge in [-0.1, -0.05) is 6.07 Å². The van der Waals surface area contributed by atoms with E-state index in [0.717, 1.165) is 28.6 Å². The Morgan fingerprint density at radius 1 is 1.11 bits per heavy atom. The molecule has 0 fully saturated rings. The van der Waals surface area contributed by atoms with Crippen LogP contribution in [-0.2, 0) is 19.6 Å². The van der Waals surface area contributed by atoms with Crippen LogP contribution >= 0.6 is 0 Å². The number of sulfonamides is 1. The molecule has 144 valence electrons. The molecular formula is C17H16F2N2O5S. The Morgan fingerprint density at radius 3 is 2.48 bits per heavy atom. The molecule has 0 aliphatic heterocycles. The van der Waals surface area contributed by atoms with Crippen LogP contribution in [0.3, 0.4) is 0 Å². The number of esters is 1. The number of nitrogens with one attached hydrogen (secondary N) is 1. The van der Waals surface area contributed by atoms with Crippen molar-refractivity contribution in [1.82, 2.24) is 4.31 Å². The van der Waals surface area contributed by atoms with E-state index in [2.05, 4.69) is 5.32 Å². The molecule has 2 rings (SSSR count). The summed E-state index contributed by atoms with van der Waals surface area (Å²) in [7, 11) is -1.06. The van der Waals surface area contributed by atoms with Crippen LogP contribution in [0.2, 0.25) is 0 Å². The number of carbonyl (C=O) groups excluding carboxylic acids is 2. The first-order valence-corrected chi connectivity index (χ1v) is 9.00. The van der Waals surface area contributed by atoms with Gasteiger partial charge in [0.05, 0.1) is 16.1 Å². The minimum Gasteiger partial charge on any atom is -0.452 e. The van der Waals surface area contributed by atoms with Crippen molar-refractivity contribution in [3.63, 3.8) is 0 Å². The number of carbonyl (C=O) groups is 2. The SMILES string of the molecule is CN(C)S(=O)(=O)c1cccc(C(=O)OCC(=O)Nc2cc(F)ccc2F)c1. The van der Waals surface area contributed by atoms with Crippen molar-refractivity contribution in [3.05, 3.63) is 59.7 Å². The van der Waals surface area contributed by atoms with Gasteiger partial charge < -0.3 is 10.1 Å². The third-order valence-corrected chi connectivity index (χ3v) is 5.20. The smallest absolute Gasteiger partial charge is 0.338 e. The average Bonchev–Trinajstić information content (AvgIpc) is 2.62. The molecule has 0 heterocycles. The molecule has 0 radical (unpaired) electrons. The third kappa shape index (κ3) is 5.08. The first kappa shape index (κ1) is 20.5. The fourth-order valence-corrected chi connectivity index (χ4v) is 2.94. The first-order valence-electron chi connectivity index (χ1n) is 7.56. The molecule has 0 atom stereocenters. The maximum absolute atomic E-state index is 13.5. The Kier molecular flexibility index (Phi) is 6.24. The summed E-state index contributed by atoms with van der Waals surface area (Å²) in [6, 6.07) is 7.61. The summed E-state index contributed by atoms with van der Waals surface area (Å²) in [6.45, 7) is -0.764. The molecule has 2 aromatic carbocycles. The standard InChI is InChI=1S/C17H16F2N2O5S/c1-21(2)27(24,25)13-5-3-4-11(8-13)17(23)26-10-16(22)20-15-9-12(18)6-7-14(15)19/h3-9H,10H2,1-2H3,(H,20,22). The summed E-state index contributed by atoms with van der Waals surface area (Å²) in [5, 5.41) is 2.07. The van der Waals surface area contributed by atoms with Gasteiger partial charge in [0, 0.05) is 20.2 Å². The molecule has 0 unspecified atom stereocenters. The highest BCUT2D eigenvalue weighted by Gasteiger charge is 2.19. The Balaban J connectivity index is 2.03. The van der Waals surface area contributed by atoms with Crippen LogP contribution in [0.5, 0.6) is 0 Å². The summed E-state index contributed by atoms with van der Waals surface area (Å²) in [6.07, 6.45) is 0. The number of hydrogen-bond donors (Lipinski definition) is 1. The van der Waals surface area contributed by atoms with Gasteiger partial charge in [-0.25, -0.2) is 26.3 Å². The lowest BCUT2D eigenvalue weighted by Gasteiger charge is -2.12. The van der Waals surface area contributed by atoms with Gasteiger partial charge >= 0.3 is 5.97 Å². The summed E-state index contributed by atoms with van der Waals surface area (Å²) in [5.74, 6) is -3.43. The van der Waals surface area contributed by atoms with Crippen molar-refractivity contribution in [2.24, 2.45) is 0 Å². The number of anilines is 1. The highest BCUT2D eigenvalue weighted by atomic mass is 32.2. The van der Waals surface area contributed by atoms with Crippen LogP contribution in [0.15, 0.2) is 47.4 Å². The number of ether oxygens (including phenoxy) is 1. The van der Waals surface area contributed by atoms with Crippen LogP contribution < -0.4 is 5.32 Å². The maximum atomic E-state index is 13.5. The molecule has 0 bridgehead atoms. The van der Waals surface area contributed by atoms with E-state index >= 15 is 0 Å². The molecule has 2 aromatic rings. The molecule has 0 saturated carbocycles. The number of nitrogens with zero attached hydrogens (tertiary/aromatic N) is 1. The lowest BCUT2D eigenvalue weighted by atomic mass is 10.2. The topological polar surface area (TPSA) is 92.8 Å². The van der Waals surface area contributed by atoms with Crippen molar-refractivity contribution in [1.29, 1.82) is 0 Å². The van der Waals surface area contributed by atoms with Gasteiger partial charge in [0.2, 0.25) is 10.0 Å². The second-order valence-electron chi connectivity index (χ2n) is 5.56. The van der Waals surface area contributed by atoms with Gasteiger partial charge in [-0.05, 0) is 30.3 Å². The van der Waals surface area contributed by atoms with E-state index in [1.165, 1.54) is 32.3 Å². The average molecular weight is 398 g/mol. The van der Waals surface area contributed by atoms with Crippen molar-refractivity contribution < 1.29 is 31.5 Å². The lowest BCUT2D eigenvalue weighted by Crippen LogP contribution is -2.23. The molecule has 0 spiro atoms. The summed E-state index contributed by atoms with van der Waals surface area (Å²) in [5.41, 5.74) is -0.474. The Morgan fingerprint density at radius 2 is 1.81 bits per heavy atom. The second-order valence-corrected chi connectivity index (χ2v) is 7.72. The van der Waals surface area contributed by atoms with Crippen LogP contribution in [0, 0.1) is 11.6 Å². The van der Waals surface area contributed by atoms with Crippen molar-refractivity contribution >= 4 is 27.6 Å². The van der Waals surface area contributed by atoms with Crippen LogP contribution in [0.4, 0.5) is 14.5 Å². The number of halogens is 2. The van der Waals surface area contributed by atoms with E-state index < -0.39 is 45.8 Å². The predicted octanol–water partition coefficient (Wildman–Crippen LogP) is 2.01. The van der Waals surface area contributed by atoms with Gasteiger partial charge in [-0.15, -0.1) is 0 Å². The van der Waals surface area contributed by atoms with Crippen LogP contribution in [-0.4, -0.2) is 45.3 Å². The minimum absolute atomic E-state index is 0.0809. The van der Waals surface area contributed by atoms with Crippen LogP contribution in [0.25, 0.3) is 0 Å². The summed E-state index contributed by atoms with van der Waals surface area (Å²) >= 11 is 0. The fraction of sp³-hybridized carbons (Fsp3) is 0.176. The zero-order valence-corrected chi connectivity index (χ0v) is 15.2. The van der Waals surface area contributed by atoms with E-state index in [0.29, 0.717) is 0 Å². The van der Waals surface area contributed by atoms with Crippen LogP contribution in [0.1, 0.15) is 10.4 Å². The quantitative estimate of drug-likeness (QED) is 0.752. The van der Waals surface area contributed by atoms with Gasteiger partial charge in [0.15, 0.2) is 6.61 Å². The molecular weight excluding hydrogens is 382 g/mol. The van der Waals surface area contributed by atoms with Crippen molar-refractivity contribution in [3.8, 4) is 0 Å². The zero-order valence-electron chi connectivity index (χ0n) is 14.4. The number of benzene rings is 2. The zero-order chi connectivity index (χ0) is 20.2. The molecule has 10 heteroatoms. The Labute approximate surface area is 154 Å². The highest BCUT2D eigenvalue weighted by Crippen LogP contribution is 2.16. The lowest BCUT2D eigenvalue weighted by molar-refractivity contribution is -0.119. The molecule has 1 N–H and O–H groups in total. The molecule has 0 aromatic heterocycles. The van der Waals surface area contributed by atoms with Crippen molar-refractivity contribution in [2.45, 2.75) is 4.90 Å². The predicted molar refractivity (Wildman–Crippen MR) is 92.6 cm³/mol. The first-order chi connectivity index (χ1) is 12.6. The van der Waals surface area contributed by atoms with E-state index in [4.69, 9.17) is 4.74 Å². The molecule has 0 aliphatic rings. The summed E-state index contributed by atoms with van der Waals surface area (Å²) < 4.78 is 56.5. The molecule has 0 aliphatic carbocycles. The Bertz CT molecular complexity index is 977. The highest BCUT2D eigenvalue weighted by molar-refractivity contribution is 7.89. The van der Waals surface area contributed by atoms with E-state index in [1.54, 1.807) is 0 Å². The monoisotopic (exact) mass is 398 g/mol. The molecule has 7 nitrogen and oxygen atoms in total. The van der Waals surface area contributed by atoms with Gasteiger partial charge in [-0.3, -0.25) is 4.79 Å².